The Balaban J connectivity index is 0.00000199. The standard InChI is InChI=1S/C25H28ClN3O3.C2H6/c1-14-16(3)29(13-12-27)23-19(14)21(17-8-10-18(26)11-9-17)20(15(2)28-23)22(24(30)31-7)32-25(4,5)6;1-2/h8-11,22H,13H2,1-7H3;1-2H3. The summed E-state index contributed by atoms with van der Waals surface area (Å²) in [6.07, 6.45) is -0.971. The summed E-state index contributed by atoms with van der Waals surface area (Å²) in [4.78, 5) is 17.8. The molecule has 0 saturated heterocycles. The third-order valence-electron chi connectivity index (χ3n) is 5.50. The predicted octanol–water partition coefficient (Wildman–Crippen LogP) is 6.86. The molecule has 0 fully saturated rings. The number of esters is 1. The van der Waals surface area contributed by atoms with Crippen molar-refractivity contribution in [1.29, 1.82) is 5.26 Å². The molecule has 2 heterocycles. The molecule has 0 saturated carbocycles. The highest BCUT2D eigenvalue weighted by molar-refractivity contribution is 6.30. The van der Waals surface area contributed by atoms with Gasteiger partial charge in [0.25, 0.3) is 0 Å². The molecule has 0 amide bonds. The first-order chi connectivity index (χ1) is 16.0. The Morgan fingerprint density at radius 1 is 1.18 bits per heavy atom. The largest absolute Gasteiger partial charge is 0.467 e. The third kappa shape index (κ3) is 5.43. The molecule has 1 aromatic carbocycles. The normalized spacial score (nSPS) is 12.0. The molecule has 34 heavy (non-hydrogen) atoms. The van der Waals surface area contributed by atoms with Gasteiger partial charge >= 0.3 is 5.97 Å². The van der Waals surface area contributed by atoms with Crippen molar-refractivity contribution in [3.8, 4) is 17.2 Å². The molecule has 0 radical (unpaired) electrons. The lowest BCUT2D eigenvalue weighted by Gasteiger charge is -2.28. The minimum Gasteiger partial charge on any atom is -0.467 e. The van der Waals surface area contributed by atoms with Gasteiger partial charge in [-0.15, -0.1) is 0 Å². The molecule has 6 nitrogen and oxygen atoms in total. The molecule has 0 aliphatic rings. The Morgan fingerprint density at radius 2 is 1.76 bits per heavy atom. The number of hydrogen-bond acceptors (Lipinski definition) is 5. The zero-order valence-electron chi connectivity index (χ0n) is 21.5. The van der Waals surface area contributed by atoms with Gasteiger partial charge in [-0.05, 0) is 64.8 Å². The molecular formula is C27H34ClN3O3. The number of rotatable bonds is 5. The van der Waals surface area contributed by atoms with E-state index in [1.807, 2.05) is 84.2 Å². The topological polar surface area (TPSA) is 77.1 Å². The van der Waals surface area contributed by atoms with Crippen LogP contribution in [0.2, 0.25) is 5.02 Å². The summed E-state index contributed by atoms with van der Waals surface area (Å²) in [6, 6.07) is 9.68. The molecule has 0 bridgehead atoms. The highest BCUT2D eigenvalue weighted by atomic mass is 35.5. The van der Waals surface area contributed by atoms with E-state index in [9.17, 15) is 10.1 Å². The Labute approximate surface area is 207 Å². The molecule has 0 spiro atoms. The fourth-order valence-corrected chi connectivity index (χ4v) is 4.11. The van der Waals surface area contributed by atoms with E-state index >= 15 is 0 Å². The fraction of sp³-hybridized carbons (Fsp3) is 0.444. The summed E-state index contributed by atoms with van der Waals surface area (Å²) in [5.41, 5.74) is 5.05. The van der Waals surface area contributed by atoms with Crippen LogP contribution in [-0.4, -0.2) is 28.2 Å². The van der Waals surface area contributed by atoms with Crippen LogP contribution in [0.15, 0.2) is 24.3 Å². The van der Waals surface area contributed by atoms with E-state index < -0.39 is 17.7 Å². The van der Waals surface area contributed by atoms with E-state index in [-0.39, 0.29) is 6.54 Å². The summed E-state index contributed by atoms with van der Waals surface area (Å²) in [7, 11) is 1.35. The highest BCUT2D eigenvalue weighted by Gasteiger charge is 2.34. The van der Waals surface area contributed by atoms with Crippen LogP contribution in [0, 0.1) is 32.1 Å². The minimum absolute atomic E-state index is 0.181. The first-order valence-electron chi connectivity index (χ1n) is 11.4. The van der Waals surface area contributed by atoms with E-state index in [1.54, 1.807) is 0 Å². The number of aromatic nitrogens is 2. The van der Waals surface area contributed by atoms with Crippen LogP contribution >= 0.6 is 11.6 Å². The lowest BCUT2D eigenvalue weighted by atomic mass is 9.91. The molecule has 3 aromatic rings. The van der Waals surface area contributed by atoms with Gasteiger partial charge in [0.1, 0.15) is 12.2 Å². The van der Waals surface area contributed by atoms with Crippen molar-refractivity contribution < 1.29 is 14.3 Å². The summed E-state index contributed by atoms with van der Waals surface area (Å²) >= 11 is 6.16. The maximum absolute atomic E-state index is 12.9. The van der Waals surface area contributed by atoms with Crippen molar-refractivity contribution in [3.05, 3.63) is 51.8 Å². The molecule has 3 rings (SSSR count). The average molecular weight is 484 g/mol. The molecule has 0 aliphatic carbocycles. The molecule has 1 atom stereocenters. The van der Waals surface area contributed by atoms with E-state index in [1.165, 1.54) is 7.11 Å². The Kier molecular flexibility index (Phi) is 8.88. The summed E-state index contributed by atoms with van der Waals surface area (Å²) < 4.78 is 13.2. The van der Waals surface area contributed by atoms with Crippen LogP contribution in [-0.2, 0) is 20.8 Å². The van der Waals surface area contributed by atoms with Crippen LogP contribution < -0.4 is 0 Å². The fourth-order valence-electron chi connectivity index (χ4n) is 3.98. The monoisotopic (exact) mass is 483 g/mol. The van der Waals surface area contributed by atoms with Crippen LogP contribution in [0.3, 0.4) is 0 Å². The first-order valence-corrected chi connectivity index (χ1v) is 11.8. The second-order valence-corrected chi connectivity index (χ2v) is 9.22. The van der Waals surface area contributed by atoms with E-state index in [4.69, 9.17) is 26.1 Å². The molecule has 0 aliphatic heterocycles. The summed E-state index contributed by atoms with van der Waals surface area (Å²) in [5.74, 6) is -0.495. The van der Waals surface area contributed by atoms with Crippen LogP contribution in [0.5, 0.6) is 0 Å². The number of carbonyl (C=O) groups is 1. The van der Waals surface area contributed by atoms with E-state index in [0.29, 0.717) is 21.9 Å². The summed E-state index contributed by atoms with van der Waals surface area (Å²) in [6.45, 7) is 15.7. The summed E-state index contributed by atoms with van der Waals surface area (Å²) in [5, 5.41) is 10.9. The van der Waals surface area contributed by atoms with Crippen LogP contribution in [0.25, 0.3) is 22.2 Å². The second-order valence-electron chi connectivity index (χ2n) is 8.78. The Bertz CT molecular complexity index is 1220. The SMILES string of the molecule is CC.COC(=O)C(OC(C)(C)C)c1c(C)nc2c(c(C)c(C)n2CC#N)c1-c1ccc(Cl)cc1. The first kappa shape index (κ1) is 27.4. The van der Waals surface area contributed by atoms with Gasteiger partial charge in [-0.25, -0.2) is 9.78 Å². The van der Waals surface area contributed by atoms with Crippen LogP contribution in [0.4, 0.5) is 0 Å². The van der Waals surface area contributed by atoms with Gasteiger partial charge in [-0.2, -0.15) is 5.26 Å². The number of nitrogens with zero attached hydrogens (tertiary/aromatic N) is 3. The van der Waals surface area contributed by atoms with E-state index in [2.05, 4.69) is 6.07 Å². The predicted molar refractivity (Wildman–Crippen MR) is 137 cm³/mol. The van der Waals surface area contributed by atoms with Crippen molar-refractivity contribution in [3.63, 3.8) is 0 Å². The quantitative estimate of drug-likeness (QED) is 0.370. The van der Waals surface area contributed by atoms with Crippen molar-refractivity contribution in [2.24, 2.45) is 0 Å². The number of fused-ring (bicyclic) bond motifs is 1. The van der Waals surface area contributed by atoms with Gasteiger partial charge in [0, 0.05) is 32.9 Å². The van der Waals surface area contributed by atoms with E-state index in [0.717, 1.165) is 27.8 Å². The average Bonchev–Trinajstić information content (AvgIpc) is 3.02. The maximum atomic E-state index is 12.9. The van der Waals surface area contributed by atoms with Gasteiger partial charge in [0.15, 0.2) is 6.10 Å². The zero-order chi connectivity index (χ0) is 25.8. The third-order valence-corrected chi connectivity index (χ3v) is 5.75. The van der Waals surface area contributed by atoms with Gasteiger partial charge in [-0.1, -0.05) is 37.6 Å². The van der Waals surface area contributed by atoms with Gasteiger partial charge in [0.2, 0.25) is 0 Å². The Hall–Kier alpha value is -2.88. The minimum atomic E-state index is -0.971. The van der Waals surface area contributed by atoms with Gasteiger partial charge < -0.3 is 14.0 Å². The number of carbonyl (C=O) groups excluding carboxylic acids is 1. The number of pyridine rings is 1. The van der Waals surface area contributed by atoms with Crippen molar-refractivity contribution in [2.45, 2.75) is 73.6 Å². The lowest BCUT2D eigenvalue weighted by Crippen LogP contribution is -2.29. The van der Waals surface area contributed by atoms with Crippen molar-refractivity contribution in [2.75, 3.05) is 7.11 Å². The Morgan fingerprint density at radius 3 is 2.26 bits per heavy atom. The molecule has 1 unspecified atom stereocenters. The highest BCUT2D eigenvalue weighted by Crippen LogP contribution is 2.42. The van der Waals surface area contributed by atoms with Crippen molar-refractivity contribution >= 4 is 28.6 Å². The number of benzene rings is 1. The van der Waals surface area contributed by atoms with Gasteiger partial charge in [-0.3, -0.25) is 0 Å². The smallest absolute Gasteiger partial charge is 0.339 e. The number of nitriles is 1. The molecular weight excluding hydrogens is 450 g/mol. The van der Waals surface area contributed by atoms with Crippen LogP contribution in [0.1, 0.15) is 63.2 Å². The molecule has 2 aromatic heterocycles. The van der Waals surface area contributed by atoms with Crippen molar-refractivity contribution in [1.82, 2.24) is 9.55 Å². The number of methoxy groups -OCH3 is 1. The van der Waals surface area contributed by atoms with Gasteiger partial charge in [0.05, 0.1) is 18.8 Å². The number of hydrogen-bond donors (Lipinski definition) is 0. The number of ether oxygens (including phenoxy) is 2. The molecule has 182 valence electrons. The number of aryl methyl sites for hydroxylation is 2. The lowest BCUT2D eigenvalue weighted by molar-refractivity contribution is -0.164. The zero-order valence-corrected chi connectivity index (χ0v) is 22.3. The second kappa shape index (κ2) is 11.0. The molecule has 0 N–H and O–H groups in total. The number of halogens is 1. The maximum Gasteiger partial charge on any atom is 0.339 e. The molecule has 7 heteroatoms.